The van der Waals surface area contributed by atoms with Crippen LogP contribution in [0, 0.1) is 5.92 Å². The van der Waals surface area contributed by atoms with Gasteiger partial charge in [-0.25, -0.2) is 0 Å². The van der Waals surface area contributed by atoms with E-state index in [4.69, 9.17) is 9.47 Å². The van der Waals surface area contributed by atoms with Crippen LogP contribution in [0.1, 0.15) is 37.3 Å². The molecule has 0 radical (unpaired) electrons. The van der Waals surface area contributed by atoms with Crippen molar-refractivity contribution in [3.8, 4) is 11.5 Å². The van der Waals surface area contributed by atoms with Gasteiger partial charge in [-0.1, -0.05) is 15.9 Å². The number of hydrogen-bond donors (Lipinski definition) is 1. The topological polar surface area (TPSA) is 30.5 Å². The molecule has 0 spiro atoms. The highest BCUT2D eigenvalue weighted by molar-refractivity contribution is 9.10. The first-order chi connectivity index (χ1) is 9.28. The lowest BCUT2D eigenvalue weighted by atomic mass is 10.0. The van der Waals surface area contributed by atoms with Crippen molar-refractivity contribution in [2.24, 2.45) is 5.92 Å². The minimum absolute atomic E-state index is 0.431. The van der Waals surface area contributed by atoms with Crippen molar-refractivity contribution >= 4 is 15.9 Å². The van der Waals surface area contributed by atoms with Crippen LogP contribution in [0.2, 0.25) is 0 Å². The van der Waals surface area contributed by atoms with Crippen molar-refractivity contribution in [3.05, 3.63) is 22.2 Å². The van der Waals surface area contributed by atoms with Crippen LogP contribution in [-0.2, 0) is 0 Å². The predicted molar refractivity (Wildman–Crippen MR) is 78.9 cm³/mol. The van der Waals surface area contributed by atoms with Gasteiger partial charge in [0.25, 0.3) is 0 Å². The van der Waals surface area contributed by atoms with E-state index in [0.29, 0.717) is 6.04 Å². The molecule has 2 aliphatic rings. The van der Waals surface area contributed by atoms with Gasteiger partial charge in [-0.3, -0.25) is 0 Å². The van der Waals surface area contributed by atoms with E-state index in [9.17, 15) is 0 Å². The van der Waals surface area contributed by atoms with E-state index in [1.54, 1.807) is 7.11 Å². The standard InChI is InChI=1S/C15H20BrNO2/c1-18-14-7-11(13-3-2-6-17-13)12(16)8-15(14)19-9-10-4-5-10/h7-8,10,13,17H,2-6,9H2,1H3. The molecule has 3 nitrogen and oxygen atoms in total. The zero-order chi connectivity index (χ0) is 13.2. The van der Waals surface area contributed by atoms with Gasteiger partial charge in [0.2, 0.25) is 0 Å². The third-order valence-corrected chi connectivity index (χ3v) is 4.58. The fourth-order valence-corrected chi connectivity index (χ4v) is 3.13. The number of ether oxygens (including phenoxy) is 2. The molecule has 1 N–H and O–H groups in total. The summed E-state index contributed by atoms with van der Waals surface area (Å²) >= 11 is 3.67. The number of nitrogens with one attached hydrogen (secondary N) is 1. The monoisotopic (exact) mass is 325 g/mol. The van der Waals surface area contributed by atoms with Crippen molar-refractivity contribution in [2.45, 2.75) is 31.7 Å². The molecule has 2 fully saturated rings. The largest absolute Gasteiger partial charge is 0.493 e. The van der Waals surface area contributed by atoms with E-state index < -0.39 is 0 Å². The Labute approximate surface area is 122 Å². The minimum atomic E-state index is 0.431. The Bertz CT molecular complexity index is 454. The Kier molecular flexibility index (Phi) is 3.99. The maximum atomic E-state index is 5.88. The first-order valence-electron chi connectivity index (χ1n) is 7.01. The molecule has 19 heavy (non-hydrogen) atoms. The summed E-state index contributed by atoms with van der Waals surface area (Å²) in [5, 5.41) is 3.52. The van der Waals surface area contributed by atoms with Crippen LogP contribution in [0.3, 0.4) is 0 Å². The van der Waals surface area contributed by atoms with Crippen molar-refractivity contribution < 1.29 is 9.47 Å². The number of hydrogen-bond acceptors (Lipinski definition) is 3. The summed E-state index contributed by atoms with van der Waals surface area (Å²) in [4.78, 5) is 0. The van der Waals surface area contributed by atoms with Gasteiger partial charge in [0, 0.05) is 10.5 Å². The Morgan fingerprint density at radius 1 is 1.26 bits per heavy atom. The number of methoxy groups -OCH3 is 1. The molecule has 4 heteroatoms. The predicted octanol–water partition coefficient (Wildman–Crippen LogP) is 3.67. The summed E-state index contributed by atoms with van der Waals surface area (Å²) in [7, 11) is 1.71. The van der Waals surface area contributed by atoms with E-state index in [0.717, 1.165) is 35.0 Å². The Balaban J connectivity index is 1.81. The van der Waals surface area contributed by atoms with Crippen molar-refractivity contribution in [3.63, 3.8) is 0 Å². The molecular formula is C15H20BrNO2. The lowest BCUT2D eigenvalue weighted by Gasteiger charge is -2.17. The summed E-state index contributed by atoms with van der Waals surface area (Å²) < 4.78 is 12.5. The average Bonchev–Trinajstić information content (AvgIpc) is 3.09. The fourth-order valence-electron chi connectivity index (χ4n) is 2.53. The second kappa shape index (κ2) is 5.71. The second-order valence-electron chi connectivity index (χ2n) is 5.43. The minimum Gasteiger partial charge on any atom is -0.493 e. The van der Waals surface area contributed by atoms with Gasteiger partial charge >= 0.3 is 0 Å². The smallest absolute Gasteiger partial charge is 0.162 e. The summed E-state index contributed by atoms with van der Waals surface area (Å²) in [5.74, 6) is 2.44. The summed E-state index contributed by atoms with van der Waals surface area (Å²) in [6, 6.07) is 4.59. The van der Waals surface area contributed by atoms with Crippen LogP contribution in [0.15, 0.2) is 16.6 Å². The third kappa shape index (κ3) is 3.06. The van der Waals surface area contributed by atoms with Gasteiger partial charge in [-0.15, -0.1) is 0 Å². The van der Waals surface area contributed by atoms with Crippen LogP contribution < -0.4 is 14.8 Å². The van der Waals surface area contributed by atoms with Gasteiger partial charge in [-0.05, 0) is 55.8 Å². The van der Waals surface area contributed by atoms with Gasteiger partial charge < -0.3 is 14.8 Å². The molecule has 1 unspecified atom stereocenters. The molecule has 0 bridgehead atoms. The van der Waals surface area contributed by atoms with Crippen LogP contribution in [0.5, 0.6) is 11.5 Å². The molecule has 0 aromatic heterocycles. The molecule has 1 saturated carbocycles. The third-order valence-electron chi connectivity index (χ3n) is 3.89. The maximum absolute atomic E-state index is 5.88. The quantitative estimate of drug-likeness (QED) is 0.895. The molecule has 1 aromatic carbocycles. The molecule has 3 rings (SSSR count). The molecule has 1 atom stereocenters. The average molecular weight is 326 g/mol. The number of halogens is 1. The maximum Gasteiger partial charge on any atom is 0.162 e. The van der Waals surface area contributed by atoms with E-state index in [1.165, 1.54) is 31.2 Å². The molecule has 0 amide bonds. The zero-order valence-electron chi connectivity index (χ0n) is 11.2. The fraction of sp³-hybridized carbons (Fsp3) is 0.600. The van der Waals surface area contributed by atoms with Gasteiger partial charge in [-0.2, -0.15) is 0 Å². The first kappa shape index (κ1) is 13.3. The highest BCUT2D eigenvalue weighted by Crippen LogP contribution is 2.39. The molecule has 104 valence electrons. The Hall–Kier alpha value is -0.740. The van der Waals surface area contributed by atoms with Crippen LogP contribution in [-0.4, -0.2) is 20.3 Å². The van der Waals surface area contributed by atoms with Crippen molar-refractivity contribution in [1.82, 2.24) is 5.32 Å². The molecule has 1 heterocycles. The van der Waals surface area contributed by atoms with Gasteiger partial charge in [0.1, 0.15) is 0 Å². The SMILES string of the molecule is COc1cc(C2CCCN2)c(Br)cc1OCC1CC1. The first-order valence-corrected chi connectivity index (χ1v) is 7.81. The summed E-state index contributed by atoms with van der Waals surface area (Å²) in [6.45, 7) is 1.91. The Morgan fingerprint density at radius 2 is 2.11 bits per heavy atom. The lowest BCUT2D eigenvalue weighted by Crippen LogP contribution is -2.13. The summed E-state index contributed by atoms with van der Waals surface area (Å²) in [5.41, 5.74) is 1.27. The second-order valence-corrected chi connectivity index (χ2v) is 6.28. The van der Waals surface area contributed by atoms with Crippen molar-refractivity contribution in [2.75, 3.05) is 20.3 Å². The van der Waals surface area contributed by atoms with Crippen molar-refractivity contribution in [1.29, 1.82) is 0 Å². The highest BCUT2D eigenvalue weighted by atomic mass is 79.9. The zero-order valence-corrected chi connectivity index (χ0v) is 12.8. The highest BCUT2D eigenvalue weighted by Gasteiger charge is 2.24. The molecule has 1 aliphatic carbocycles. The number of rotatable bonds is 5. The molecule has 1 aliphatic heterocycles. The lowest BCUT2D eigenvalue weighted by molar-refractivity contribution is 0.280. The van der Waals surface area contributed by atoms with E-state index >= 15 is 0 Å². The van der Waals surface area contributed by atoms with Crippen LogP contribution in [0.4, 0.5) is 0 Å². The van der Waals surface area contributed by atoms with E-state index in [-0.39, 0.29) is 0 Å². The van der Waals surface area contributed by atoms with Gasteiger partial charge in [0.05, 0.1) is 13.7 Å². The van der Waals surface area contributed by atoms with Crippen LogP contribution in [0.25, 0.3) is 0 Å². The normalized spacial score (nSPS) is 22.5. The summed E-state index contributed by atoms with van der Waals surface area (Å²) in [6.07, 6.45) is 5.02. The molecular weight excluding hydrogens is 306 g/mol. The van der Waals surface area contributed by atoms with Gasteiger partial charge in [0.15, 0.2) is 11.5 Å². The number of benzene rings is 1. The Morgan fingerprint density at radius 3 is 2.74 bits per heavy atom. The van der Waals surface area contributed by atoms with E-state index in [2.05, 4.69) is 33.4 Å². The van der Waals surface area contributed by atoms with Crippen LogP contribution >= 0.6 is 15.9 Å². The molecule has 1 aromatic rings. The van der Waals surface area contributed by atoms with E-state index in [1.807, 2.05) is 0 Å². The molecule has 1 saturated heterocycles.